The number of rotatable bonds is 3. The Balaban J connectivity index is 2.12. The van der Waals surface area contributed by atoms with Crippen molar-refractivity contribution >= 4 is 10.0 Å². The molecule has 0 atom stereocenters. The molecule has 0 amide bonds. The molecule has 1 aromatic heterocycles. The number of hydrogen-bond donors (Lipinski definition) is 1. The molecule has 1 aromatic rings. The number of hydrogen-bond acceptors (Lipinski definition) is 4. The number of aromatic amines is 1. The summed E-state index contributed by atoms with van der Waals surface area (Å²) in [6, 6.07) is 0.0890. The quantitative estimate of drug-likeness (QED) is 0.836. The summed E-state index contributed by atoms with van der Waals surface area (Å²) in [4.78, 5) is 2.45. The largest absolute Gasteiger partial charge is 0.306 e. The van der Waals surface area contributed by atoms with Crippen molar-refractivity contribution in [3.63, 3.8) is 0 Å². The fourth-order valence-corrected chi connectivity index (χ4v) is 3.42. The second-order valence-corrected chi connectivity index (χ2v) is 6.49. The highest BCUT2D eigenvalue weighted by atomic mass is 32.2. The molecule has 0 saturated carbocycles. The van der Waals surface area contributed by atoms with Crippen LogP contribution in [0.5, 0.6) is 0 Å². The van der Waals surface area contributed by atoms with Gasteiger partial charge in [-0.05, 0) is 33.0 Å². The van der Waals surface area contributed by atoms with Crippen molar-refractivity contribution in [3.8, 4) is 0 Å². The van der Waals surface area contributed by atoms with Gasteiger partial charge in [0, 0.05) is 19.3 Å². The number of sulfonamides is 1. The fourth-order valence-electron chi connectivity index (χ4n) is 2.10. The molecule has 0 aliphatic carbocycles. The number of likely N-dealkylation sites (tertiary alicyclic amines) is 1. The number of nitrogens with zero attached hydrogens (tertiary/aromatic N) is 3. The van der Waals surface area contributed by atoms with Crippen LogP contribution in [0.25, 0.3) is 0 Å². The third kappa shape index (κ3) is 2.51. The molecule has 1 saturated heterocycles. The zero-order valence-electron chi connectivity index (χ0n) is 10.1. The summed E-state index contributed by atoms with van der Waals surface area (Å²) in [6.45, 7) is 1.88. The van der Waals surface area contributed by atoms with Crippen molar-refractivity contribution in [1.82, 2.24) is 19.4 Å². The first-order valence-electron chi connectivity index (χ1n) is 5.67. The van der Waals surface area contributed by atoms with Crippen LogP contribution in [0, 0.1) is 0 Å². The number of nitrogens with one attached hydrogen (secondary N) is 1. The van der Waals surface area contributed by atoms with Crippen molar-refractivity contribution < 1.29 is 8.42 Å². The van der Waals surface area contributed by atoms with Crippen LogP contribution in [0.3, 0.4) is 0 Å². The molecule has 0 unspecified atom stereocenters. The highest BCUT2D eigenvalue weighted by Gasteiger charge is 2.30. The summed E-state index contributed by atoms with van der Waals surface area (Å²) < 4.78 is 25.9. The van der Waals surface area contributed by atoms with Crippen LogP contribution in [0.1, 0.15) is 12.8 Å². The van der Waals surface area contributed by atoms with Crippen LogP contribution in [-0.4, -0.2) is 61.0 Å². The van der Waals surface area contributed by atoms with Crippen molar-refractivity contribution in [2.24, 2.45) is 0 Å². The average Bonchev–Trinajstić information content (AvgIpc) is 2.83. The highest BCUT2D eigenvalue weighted by Crippen LogP contribution is 2.21. The molecule has 17 heavy (non-hydrogen) atoms. The van der Waals surface area contributed by atoms with E-state index in [2.05, 4.69) is 22.1 Å². The normalized spacial score (nSPS) is 19.9. The molecule has 0 bridgehead atoms. The van der Waals surface area contributed by atoms with Crippen molar-refractivity contribution in [2.45, 2.75) is 23.8 Å². The van der Waals surface area contributed by atoms with E-state index in [1.807, 2.05) is 0 Å². The molecule has 1 fully saturated rings. The Kier molecular flexibility index (Phi) is 3.50. The molecule has 2 heterocycles. The maximum absolute atomic E-state index is 12.2. The van der Waals surface area contributed by atoms with Gasteiger partial charge >= 0.3 is 0 Å². The first kappa shape index (κ1) is 12.5. The summed E-state index contributed by atoms with van der Waals surface area (Å²) >= 11 is 0. The van der Waals surface area contributed by atoms with Crippen LogP contribution in [0.15, 0.2) is 17.3 Å². The van der Waals surface area contributed by atoms with E-state index in [0.29, 0.717) is 0 Å². The number of aromatic nitrogens is 2. The van der Waals surface area contributed by atoms with Gasteiger partial charge in [-0.3, -0.25) is 5.10 Å². The maximum atomic E-state index is 12.2. The van der Waals surface area contributed by atoms with Gasteiger partial charge in [0.05, 0.1) is 6.20 Å². The molecular formula is C10H18N4O2S. The molecule has 1 aliphatic rings. The third-order valence-electron chi connectivity index (χ3n) is 3.35. The topological polar surface area (TPSA) is 69.3 Å². The molecule has 2 rings (SSSR count). The van der Waals surface area contributed by atoms with Crippen molar-refractivity contribution in [3.05, 3.63) is 12.4 Å². The first-order chi connectivity index (χ1) is 8.01. The van der Waals surface area contributed by atoms with Gasteiger partial charge in [0.15, 0.2) is 0 Å². The Labute approximate surface area is 102 Å². The summed E-state index contributed by atoms with van der Waals surface area (Å²) in [5, 5.41) is 6.23. The molecule has 1 aliphatic heterocycles. The minimum absolute atomic E-state index is 0.0890. The minimum Gasteiger partial charge on any atom is -0.306 e. The van der Waals surface area contributed by atoms with Crippen LogP contribution < -0.4 is 0 Å². The van der Waals surface area contributed by atoms with Gasteiger partial charge in [-0.2, -0.15) is 9.40 Å². The van der Waals surface area contributed by atoms with E-state index in [-0.39, 0.29) is 10.9 Å². The van der Waals surface area contributed by atoms with Crippen molar-refractivity contribution in [1.29, 1.82) is 0 Å². The Morgan fingerprint density at radius 3 is 2.65 bits per heavy atom. The van der Waals surface area contributed by atoms with Gasteiger partial charge in [-0.15, -0.1) is 0 Å². The Bertz CT molecular complexity index is 449. The molecule has 7 heteroatoms. The first-order valence-corrected chi connectivity index (χ1v) is 7.11. The SMILES string of the molecule is CN1CCC(N(C)S(=O)(=O)c2cn[nH]c2)CC1. The van der Waals surface area contributed by atoms with E-state index in [9.17, 15) is 8.42 Å². The maximum Gasteiger partial charge on any atom is 0.246 e. The summed E-state index contributed by atoms with van der Waals surface area (Å²) in [5.41, 5.74) is 0. The van der Waals surface area contributed by atoms with E-state index in [1.54, 1.807) is 7.05 Å². The molecule has 6 nitrogen and oxygen atoms in total. The second kappa shape index (κ2) is 4.75. The van der Waals surface area contributed by atoms with Crippen LogP contribution >= 0.6 is 0 Å². The molecular weight excluding hydrogens is 240 g/mol. The van der Waals surface area contributed by atoms with E-state index in [4.69, 9.17) is 0 Å². The monoisotopic (exact) mass is 258 g/mol. The van der Waals surface area contributed by atoms with Gasteiger partial charge in [0.25, 0.3) is 0 Å². The van der Waals surface area contributed by atoms with E-state index < -0.39 is 10.0 Å². The van der Waals surface area contributed by atoms with E-state index >= 15 is 0 Å². The predicted molar refractivity (Wildman–Crippen MR) is 64.1 cm³/mol. The Morgan fingerprint density at radius 1 is 1.47 bits per heavy atom. The molecule has 1 N–H and O–H groups in total. The van der Waals surface area contributed by atoms with Crippen molar-refractivity contribution in [2.75, 3.05) is 27.2 Å². The summed E-state index contributed by atoms with van der Waals surface area (Å²) in [7, 11) is 0.316. The average molecular weight is 258 g/mol. The number of H-pyrrole nitrogens is 1. The summed E-state index contributed by atoms with van der Waals surface area (Å²) in [5.74, 6) is 0. The lowest BCUT2D eigenvalue weighted by Gasteiger charge is -2.34. The van der Waals surface area contributed by atoms with E-state index in [0.717, 1.165) is 25.9 Å². The van der Waals surface area contributed by atoms with Crippen LogP contribution in [0.2, 0.25) is 0 Å². The standard InChI is InChI=1S/C10H18N4O2S/c1-13-5-3-9(4-6-13)14(2)17(15,16)10-7-11-12-8-10/h7-9H,3-6H2,1-2H3,(H,11,12). The lowest BCUT2D eigenvalue weighted by molar-refractivity contribution is 0.197. The Hall–Kier alpha value is -0.920. The zero-order chi connectivity index (χ0) is 12.5. The predicted octanol–water partition coefficient (Wildman–Crippen LogP) is 0.124. The smallest absolute Gasteiger partial charge is 0.246 e. The summed E-state index contributed by atoms with van der Waals surface area (Å²) in [6.07, 6.45) is 4.52. The van der Waals surface area contributed by atoms with Gasteiger partial charge in [0.1, 0.15) is 4.90 Å². The van der Waals surface area contributed by atoms with Gasteiger partial charge in [-0.1, -0.05) is 0 Å². The molecule has 0 spiro atoms. The zero-order valence-corrected chi connectivity index (χ0v) is 10.9. The third-order valence-corrected chi connectivity index (χ3v) is 5.23. The van der Waals surface area contributed by atoms with Gasteiger partial charge < -0.3 is 4.90 Å². The van der Waals surface area contributed by atoms with Gasteiger partial charge in [-0.25, -0.2) is 8.42 Å². The van der Waals surface area contributed by atoms with Crippen LogP contribution in [0.4, 0.5) is 0 Å². The number of piperidine rings is 1. The molecule has 0 aromatic carbocycles. The Morgan fingerprint density at radius 2 is 2.12 bits per heavy atom. The minimum atomic E-state index is -3.39. The molecule has 96 valence electrons. The highest BCUT2D eigenvalue weighted by molar-refractivity contribution is 7.89. The van der Waals surface area contributed by atoms with Crippen LogP contribution in [-0.2, 0) is 10.0 Å². The van der Waals surface area contributed by atoms with Gasteiger partial charge in [0.2, 0.25) is 10.0 Å². The van der Waals surface area contributed by atoms with E-state index in [1.165, 1.54) is 16.7 Å². The molecule has 0 radical (unpaired) electrons. The second-order valence-electron chi connectivity index (χ2n) is 4.49. The fraction of sp³-hybridized carbons (Fsp3) is 0.700. The lowest BCUT2D eigenvalue weighted by Crippen LogP contribution is -2.44. The lowest BCUT2D eigenvalue weighted by atomic mass is 10.1.